The Labute approximate surface area is 222 Å². The van der Waals surface area contributed by atoms with Gasteiger partial charge in [-0.3, -0.25) is 14.5 Å². The molecule has 1 atom stereocenters. The van der Waals surface area contributed by atoms with Crippen LogP contribution in [-0.4, -0.2) is 37.1 Å². The van der Waals surface area contributed by atoms with Crippen molar-refractivity contribution in [2.24, 2.45) is 0 Å². The summed E-state index contributed by atoms with van der Waals surface area (Å²) in [6, 6.07) is 10.3. The zero-order valence-electron chi connectivity index (χ0n) is 20.8. The van der Waals surface area contributed by atoms with Gasteiger partial charge < -0.3 is 19.3 Å². The Morgan fingerprint density at radius 2 is 1.71 bits per heavy atom. The number of nitrogens with zero attached hydrogens (tertiary/aromatic N) is 1. The van der Waals surface area contributed by atoms with Crippen LogP contribution in [0.3, 0.4) is 0 Å². The molecule has 0 bridgehead atoms. The van der Waals surface area contributed by atoms with E-state index in [2.05, 4.69) is 0 Å². The summed E-state index contributed by atoms with van der Waals surface area (Å²) in [5.41, 5.74) is -0.546. The van der Waals surface area contributed by atoms with Crippen LogP contribution in [0.25, 0.3) is 5.76 Å². The van der Waals surface area contributed by atoms with Crippen LogP contribution in [0.15, 0.2) is 60.2 Å². The van der Waals surface area contributed by atoms with E-state index >= 15 is 0 Å². The zero-order valence-corrected chi connectivity index (χ0v) is 21.5. The fourth-order valence-electron chi connectivity index (χ4n) is 4.29. The van der Waals surface area contributed by atoms with Gasteiger partial charge in [0.1, 0.15) is 23.1 Å². The standard InChI is InChI=1S/C28H24ClF2NO6/c1-4-37-17-8-9-19(29)18(14-17)26(33)24-25(15-6-11-22(36-3)23(12-15)38-5-2)32(28(35)27(24)34)21-13-16(30)7-10-20(21)31/h6-14,25,33H,4-5H2,1-3H3/b26-24+. The van der Waals surface area contributed by atoms with Crippen LogP contribution >= 0.6 is 11.6 Å². The molecule has 3 aromatic carbocycles. The summed E-state index contributed by atoms with van der Waals surface area (Å²) in [4.78, 5) is 27.5. The molecule has 10 heteroatoms. The molecular weight excluding hydrogens is 520 g/mol. The van der Waals surface area contributed by atoms with E-state index in [1.807, 2.05) is 0 Å². The number of methoxy groups -OCH3 is 1. The van der Waals surface area contributed by atoms with Crippen LogP contribution in [0.4, 0.5) is 14.5 Å². The molecule has 1 amide bonds. The molecule has 1 aliphatic heterocycles. The lowest BCUT2D eigenvalue weighted by atomic mass is 9.94. The number of ketones is 1. The summed E-state index contributed by atoms with van der Waals surface area (Å²) in [5.74, 6) is -3.61. The zero-order chi connectivity index (χ0) is 27.6. The van der Waals surface area contributed by atoms with Crippen molar-refractivity contribution in [3.05, 3.63) is 88.0 Å². The third kappa shape index (κ3) is 4.89. The summed E-state index contributed by atoms with van der Waals surface area (Å²) < 4.78 is 45.6. The van der Waals surface area contributed by atoms with Crippen LogP contribution in [0.1, 0.15) is 31.0 Å². The average Bonchev–Trinajstić information content (AvgIpc) is 3.16. The van der Waals surface area contributed by atoms with E-state index in [1.54, 1.807) is 26.0 Å². The molecule has 198 valence electrons. The fraction of sp³-hybridized carbons (Fsp3) is 0.214. The van der Waals surface area contributed by atoms with Gasteiger partial charge in [-0.05, 0) is 61.9 Å². The predicted molar refractivity (Wildman–Crippen MR) is 138 cm³/mol. The van der Waals surface area contributed by atoms with Gasteiger partial charge in [-0.15, -0.1) is 0 Å². The van der Waals surface area contributed by atoms with E-state index in [0.29, 0.717) is 18.1 Å². The molecular formula is C28H24ClF2NO6. The van der Waals surface area contributed by atoms with Crippen molar-refractivity contribution in [1.82, 2.24) is 0 Å². The fourth-order valence-corrected chi connectivity index (χ4v) is 4.49. The highest BCUT2D eigenvalue weighted by atomic mass is 35.5. The van der Waals surface area contributed by atoms with Gasteiger partial charge in [0.2, 0.25) is 0 Å². The number of ether oxygens (including phenoxy) is 3. The highest BCUT2D eigenvalue weighted by Gasteiger charge is 2.48. The van der Waals surface area contributed by atoms with Crippen LogP contribution in [0.2, 0.25) is 5.02 Å². The number of Topliss-reactive ketones (excluding diaryl/α,β-unsaturated/α-hetero) is 1. The SMILES string of the molecule is CCOc1ccc(Cl)c(/C(O)=C2\C(=O)C(=O)N(c3cc(F)ccc3F)C2c2ccc(OC)c(OCC)c2)c1. The van der Waals surface area contributed by atoms with E-state index in [4.69, 9.17) is 25.8 Å². The largest absolute Gasteiger partial charge is 0.507 e. The minimum absolute atomic E-state index is 0.0267. The molecule has 0 aliphatic carbocycles. The summed E-state index contributed by atoms with van der Waals surface area (Å²) in [5, 5.41) is 11.5. The van der Waals surface area contributed by atoms with Gasteiger partial charge in [-0.2, -0.15) is 0 Å². The molecule has 1 fully saturated rings. The predicted octanol–water partition coefficient (Wildman–Crippen LogP) is 6.05. The number of carbonyl (C=O) groups is 2. The number of aliphatic hydroxyl groups excluding tert-OH is 1. The molecule has 0 spiro atoms. The monoisotopic (exact) mass is 543 g/mol. The second-order valence-electron chi connectivity index (χ2n) is 8.18. The second-order valence-corrected chi connectivity index (χ2v) is 8.59. The number of amides is 1. The first-order valence-electron chi connectivity index (χ1n) is 11.7. The van der Waals surface area contributed by atoms with Gasteiger partial charge in [0.15, 0.2) is 11.5 Å². The lowest BCUT2D eigenvalue weighted by Crippen LogP contribution is -2.30. The summed E-state index contributed by atoms with van der Waals surface area (Å²) >= 11 is 6.35. The molecule has 0 radical (unpaired) electrons. The highest BCUT2D eigenvalue weighted by molar-refractivity contribution is 6.52. The number of aliphatic hydroxyl groups is 1. The quantitative estimate of drug-likeness (QED) is 0.211. The van der Waals surface area contributed by atoms with Gasteiger partial charge >= 0.3 is 0 Å². The molecule has 4 rings (SSSR count). The second kappa shape index (κ2) is 11.1. The Bertz CT molecular complexity index is 1440. The van der Waals surface area contributed by atoms with Crippen molar-refractivity contribution in [1.29, 1.82) is 0 Å². The summed E-state index contributed by atoms with van der Waals surface area (Å²) in [7, 11) is 1.44. The molecule has 1 heterocycles. The summed E-state index contributed by atoms with van der Waals surface area (Å²) in [6.45, 7) is 4.13. The molecule has 1 N–H and O–H groups in total. The van der Waals surface area contributed by atoms with Crippen LogP contribution < -0.4 is 19.1 Å². The average molecular weight is 544 g/mol. The molecule has 0 aromatic heterocycles. The molecule has 3 aromatic rings. The number of halogens is 3. The first-order valence-corrected chi connectivity index (χ1v) is 12.1. The third-order valence-corrected chi connectivity index (χ3v) is 6.25. The van der Waals surface area contributed by atoms with E-state index in [1.165, 1.54) is 31.4 Å². The first-order chi connectivity index (χ1) is 18.2. The molecule has 1 unspecified atom stereocenters. The number of rotatable bonds is 8. The maximum atomic E-state index is 14.9. The third-order valence-electron chi connectivity index (χ3n) is 5.92. The van der Waals surface area contributed by atoms with Crippen LogP contribution in [-0.2, 0) is 9.59 Å². The molecule has 0 saturated carbocycles. The number of anilines is 1. The maximum Gasteiger partial charge on any atom is 0.300 e. The van der Waals surface area contributed by atoms with Crippen LogP contribution in [0.5, 0.6) is 17.2 Å². The number of benzene rings is 3. The summed E-state index contributed by atoms with van der Waals surface area (Å²) in [6.07, 6.45) is 0. The topological polar surface area (TPSA) is 85.3 Å². The van der Waals surface area contributed by atoms with Gasteiger partial charge in [0.05, 0.1) is 42.6 Å². The van der Waals surface area contributed by atoms with E-state index in [9.17, 15) is 23.5 Å². The molecule has 38 heavy (non-hydrogen) atoms. The normalized spacial score (nSPS) is 16.6. The lowest BCUT2D eigenvalue weighted by Gasteiger charge is -2.26. The van der Waals surface area contributed by atoms with Crippen molar-refractivity contribution in [2.45, 2.75) is 19.9 Å². The van der Waals surface area contributed by atoms with Gasteiger partial charge in [0.25, 0.3) is 11.7 Å². The van der Waals surface area contributed by atoms with Gasteiger partial charge in [-0.1, -0.05) is 17.7 Å². The number of hydrogen-bond acceptors (Lipinski definition) is 6. The number of carbonyl (C=O) groups excluding carboxylic acids is 2. The van der Waals surface area contributed by atoms with E-state index in [-0.39, 0.29) is 34.1 Å². The van der Waals surface area contributed by atoms with Crippen molar-refractivity contribution < 1.29 is 37.7 Å². The Hall–Kier alpha value is -4.11. The van der Waals surface area contributed by atoms with Crippen molar-refractivity contribution in [2.75, 3.05) is 25.2 Å². The van der Waals surface area contributed by atoms with Crippen LogP contribution in [0, 0.1) is 11.6 Å². The first kappa shape index (κ1) is 26.9. The minimum Gasteiger partial charge on any atom is -0.507 e. The highest BCUT2D eigenvalue weighted by Crippen LogP contribution is 2.45. The van der Waals surface area contributed by atoms with E-state index < -0.39 is 40.8 Å². The van der Waals surface area contributed by atoms with Gasteiger partial charge in [0, 0.05) is 11.6 Å². The molecule has 7 nitrogen and oxygen atoms in total. The Balaban J connectivity index is 2.01. The molecule has 1 aliphatic rings. The number of hydrogen-bond donors (Lipinski definition) is 1. The van der Waals surface area contributed by atoms with Crippen molar-refractivity contribution >= 4 is 34.7 Å². The van der Waals surface area contributed by atoms with Gasteiger partial charge in [-0.25, -0.2) is 8.78 Å². The molecule has 1 saturated heterocycles. The van der Waals surface area contributed by atoms with Crippen molar-refractivity contribution in [3.8, 4) is 17.2 Å². The Kier molecular flexibility index (Phi) is 7.87. The smallest absolute Gasteiger partial charge is 0.300 e. The van der Waals surface area contributed by atoms with E-state index in [0.717, 1.165) is 23.1 Å². The Morgan fingerprint density at radius 3 is 2.39 bits per heavy atom. The van der Waals surface area contributed by atoms with Crippen molar-refractivity contribution in [3.63, 3.8) is 0 Å². The lowest BCUT2D eigenvalue weighted by molar-refractivity contribution is -0.132. The Morgan fingerprint density at radius 1 is 0.974 bits per heavy atom. The minimum atomic E-state index is -1.36. The maximum absolute atomic E-state index is 14.9.